The van der Waals surface area contributed by atoms with Crippen LogP contribution < -0.4 is 5.32 Å². The molecule has 0 atom stereocenters. The number of benzene rings is 1. The number of hydrogen-bond acceptors (Lipinski definition) is 4. The molecule has 0 aliphatic heterocycles. The Morgan fingerprint density at radius 2 is 1.83 bits per heavy atom. The number of anilines is 1. The smallest absolute Gasteiger partial charge is 0.258 e. The first-order valence-corrected chi connectivity index (χ1v) is 10.1. The molecule has 4 rings (SSSR count). The van der Waals surface area contributed by atoms with Crippen molar-refractivity contribution in [3.05, 3.63) is 80.8 Å². The van der Waals surface area contributed by atoms with Gasteiger partial charge in [0.1, 0.15) is 0 Å². The number of nitrogens with zero attached hydrogens (tertiary/aromatic N) is 4. The highest BCUT2D eigenvalue weighted by atomic mass is 35.5. The molecule has 3 heterocycles. The lowest BCUT2D eigenvalue weighted by Gasteiger charge is -2.08. The van der Waals surface area contributed by atoms with E-state index in [-0.39, 0.29) is 11.5 Å². The second kappa shape index (κ2) is 8.05. The predicted octanol–water partition coefficient (Wildman–Crippen LogP) is 5.36. The molecule has 0 aliphatic rings. The Morgan fingerprint density at radius 3 is 2.53 bits per heavy atom. The lowest BCUT2D eigenvalue weighted by atomic mass is 10.2. The van der Waals surface area contributed by atoms with Crippen molar-refractivity contribution in [3.8, 4) is 0 Å². The van der Waals surface area contributed by atoms with Crippen LogP contribution in [-0.2, 0) is 6.54 Å². The van der Waals surface area contributed by atoms with Crippen molar-refractivity contribution in [1.82, 2.24) is 19.7 Å². The minimum absolute atomic E-state index is 0.284. The van der Waals surface area contributed by atoms with Crippen molar-refractivity contribution in [3.63, 3.8) is 0 Å². The molecule has 8 heteroatoms. The Labute approximate surface area is 183 Å². The second-order valence-electron chi connectivity index (χ2n) is 7.17. The molecule has 0 saturated carbocycles. The SMILES string of the molecule is Cc1cc(C)nc(Cn2nc(C)c3c(Cl)c(C(=O)Nc4ccc(Cl)cc4)cnc32)c1. The third kappa shape index (κ3) is 4.01. The summed E-state index contributed by atoms with van der Waals surface area (Å²) in [5, 5.41) is 8.97. The highest BCUT2D eigenvalue weighted by Gasteiger charge is 2.20. The van der Waals surface area contributed by atoms with Gasteiger partial charge in [-0.2, -0.15) is 5.10 Å². The number of pyridine rings is 2. The number of carbonyl (C=O) groups is 1. The summed E-state index contributed by atoms with van der Waals surface area (Å²) in [6, 6.07) is 10.9. The molecule has 6 nitrogen and oxygen atoms in total. The standard InChI is InChI=1S/C22H19Cl2N5O/c1-12-8-13(2)26-17(9-12)11-29-21-19(14(3)28-29)20(24)18(10-25-21)22(30)27-16-6-4-15(23)5-7-16/h4-10H,11H2,1-3H3,(H,27,30). The predicted molar refractivity (Wildman–Crippen MR) is 119 cm³/mol. The third-order valence-corrected chi connectivity index (χ3v) is 5.33. The van der Waals surface area contributed by atoms with Crippen molar-refractivity contribution in [2.24, 2.45) is 0 Å². The number of halogens is 2. The van der Waals surface area contributed by atoms with Crippen LogP contribution in [0.5, 0.6) is 0 Å². The first kappa shape index (κ1) is 20.3. The summed E-state index contributed by atoms with van der Waals surface area (Å²) in [6.07, 6.45) is 1.47. The Bertz CT molecular complexity index is 1240. The maximum Gasteiger partial charge on any atom is 0.258 e. The summed E-state index contributed by atoms with van der Waals surface area (Å²) >= 11 is 12.5. The van der Waals surface area contributed by atoms with E-state index in [2.05, 4.69) is 20.4 Å². The fraction of sp³-hybridized carbons (Fsp3) is 0.182. The van der Waals surface area contributed by atoms with Crippen LogP contribution in [0.3, 0.4) is 0 Å². The molecule has 0 radical (unpaired) electrons. The molecular formula is C22H19Cl2N5O. The van der Waals surface area contributed by atoms with Crippen LogP contribution in [-0.4, -0.2) is 25.7 Å². The minimum Gasteiger partial charge on any atom is -0.322 e. The van der Waals surface area contributed by atoms with Gasteiger partial charge in [0.15, 0.2) is 5.65 Å². The Hall–Kier alpha value is -2.96. The van der Waals surface area contributed by atoms with E-state index in [0.29, 0.717) is 39.0 Å². The number of carbonyl (C=O) groups excluding carboxylic acids is 1. The summed E-state index contributed by atoms with van der Waals surface area (Å²) in [5.74, 6) is -0.347. The average molecular weight is 440 g/mol. The highest BCUT2D eigenvalue weighted by Crippen LogP contribution is 2.29. The summed E-state index contributed by atoms with van der Waals surface area (Å²) in [7, 11) is 0. The maximum absolute atomic E-state index is 12.7. The lowest BCUT2D eigenvalue weighted by Crippen LogP contribution is -2.13. The number of aromatic nitrogens is 4. The Morgan fingerprint density at radius 1 is 1.10 bits per heavy atom. The molecule has 152 valence electrons. The van der Waals surface area contributed by atoms with Crippen molar-refractivity contribution in [2.75, 3.05) is 5.32 Å². The molecule has 0 saturated heterocycles. The molecule has 0 unspecified atom stereocenters. The Balaban J connectivity index is 1.68. The van der Waals surface area contributed by atoms with Gasteiger partial charge >= 0.3 is 0 Å². The van der Waals surface area contributed by atoms with Gasteiger partial charge in [-0.3, -0.25) is 9.78 Å². The van der Waals surface area contributed by atoms with Crippen LogP contribution in [0.2, 0.25) is 10.0 Å². The number of rotatable bonds is 4. The third-order valence-electron chi connectivity index (χ3n) is 4.68. The molecule has 0 bridgehead atoms. The van der Waals surface area contributed by atoms with E-state index in [1.807, 2.05) is 32.9 Å². The van der Waals surface area contributed by atoms with E-state index in [9.17, 15) is 4.79 Å². The van der Waals surface area contributed by atoms with Crippen LogP contribution >= 0.6 is 23.2 Å². The van der Waals surface area contributed by atoms with Gasteiger partial charge in [0.25, 0.3) is 5.91 Å². The zero-order chi connectivity index (χ0) is 21.4. The Kier molecular flexibility index (Phi) is 5.45. The second-order valence-corrected chi connectivity index (χ2v) is 7.98. The van der Waals surface area contributed by atoms with Crippen LogP contribution in [0.15, 0.2) is 42.6 Å². The molecule has 1 amide bonds. The van der Waals surface area contributed by atoms with Gasteiger partial charge in [-0.25, -0.2) is 9.67 Å². The fourth-order valence-corrected chi connectivity index (χ4v) is 3.92. The summed E-state index contributed by atoms with van der Waals surface area (Å²) < 4.78 is 1.76. The highest BCUT2D eigenvalue weighted by molar-refractivity contribution is 6.39. The van der Waals surface area contributed by atoms with Gasteiger partial charge in [-0.05, 0) is 62.7 Å². The van der Waals surface area contributed by atoms with Gasteiger partial charge in [-0.1, -0.05) is 23.2 Å². The monoisotopic (exact) mass is 439 g/mol. The molecule has 4 aromatic rings. The molecule has 0 fully saturated rings. The minimum atomic E-state index is -0.347. The zero-order valence-electron chi connectivity index (χ0n) is 16.7. The zero-order valence-corrected chi connectivity index (χ0v) is 18.2. The van der Waals surface area contributed by atoms with Crippen LogP contribution in [0.4, 0.5) is 5.69 Å². The lowest BCUT2D eigenvalue weighted by molar-refractivity contribution is 0.102. The van der Waals surface area contributed by atoms with E-state index < -0.39 is 0 Å². The summed E-state index contributed by atoms with van der Waals surface area (Å²) in [5.41, 5.74) is 5.19. The summed E-state index contributed by atoms with van der Waals surface area (Å²) in [6.45, 7) is 6.31. The molecule has 1 aromatic carbocycles. The van der Waals surface area contributed by atoms with Crippen molar-refractivity contribution in [1.29, 1.82) is 0 Å². The average Bonchev–Trinajstić information content (AvgIpc) is 2.99. The van der Waals surface area contributed by atoms with Gasteiger partial charge in [-0.15, -0.1) is 0 Å². The van der Waals surface area contributed by atoms with E-state index in [1.165, 1.54) is 6.20 Å². The largest absolute Gasteiger partial charge is 0.322 e. The van der Waals surface area contributed by atoms with Crippen molar-refractivity contribution in [2.45, 2.75) is 27.3 Å². The molecule has 30 heavy (non-hydrogen) atoms. The van der Waals surface area contributed by atoms with E-state index in [1.54, 1.807) is 28.9 Å². The molecular weight excluding hydrogens is 421 g/mol. The van der Waals surface area contributed by atoms with Gasteiger partial charge < -0.3 is 5.32 Å². The van der Waals surface area contributed by atoms with Crippen LogP contribution in [0.1, 0.15) is 33.0 Å². The van der Waals surface area contributed by atoms with E-state index in [0.717, 1.165) is 17.0 Å². The van der Waals surface area contributed by atoms with Crippen molar-refractivity contribution < 1.29 is 4.79 Å². The first-order chi connectivity index (χ1) is 14.3. The van der Waals surface area contributed by atoms with E-state index >= 15 is 0 Å². The fourth-order valence-electron chi connectivity index (χ4n) is 3.43. The topological polar surface area (TPSA) is 72.7 Å². The van der Waals surface area contributed by atoms with Crippen molar-refractivity contribution >= 4 is 45.8 Å². The maximum atomic E-state index is 12.7. The quantitative estimate of drug-likeness (QED) is 0.464. The van der Waals surface area contributed by atoms with Gasteiger partial charge in [0.05, 0.1) is 33.9 Å². The summed E-state index contributed by atoms with van der Waals surface area (Å²) in [4.78, 5) is 21.8. The van der Waals surface area contributed by atoms with Crippen LogP contribution in [0.25, 0.3) is 11.0 Å². The van der Waals surface area contributed by atoms with Gasteiger partial charge in [0.2, 0.25) is 0 Å². The number of fused-ring (bicyclic) bond motifs is 1. The number of hydrogen-bond donors (Lipinski definition) is 1. The molecule has 3 aromatic heterocycles. The number of nitrogens with one attached hydrogen (secondary N) is 1. The molecule has 0 aliphatic carbocycles. The number of amides is 1. The van der Waals surface area contributed by atoms with Gasteiger partial charge in [0, 0.05) is 22.6 Å². The van der Waals surface area contributed by atoms with Crippen LogP contribution in [0, 0.1) is 20.8 Å². The number of aryl methyl sites for hydroxylation is 3. The van der Waals surface area contributed by atoms with E-state index in [4.69, 9.17) is 23.2 Å². The normalized spacial score (nSPS) is 11.1. The molecule has 1 N–H and O–H groups in total. The molecule has 0 spiro atoms. The first-order valence-electron chi connectivity index (χ1n) is 9.34.